The normalized spacial score (nSPS) is 14.7. The second kappa shape index (κ2) is 9.66. The average Bonchev–Trinajstić information content (AvgIpc) is 3.39. The van der Waals surface area contributed by atoms with Gasteiger partial charge in [-0.15, -0.1) is 0 Å². The summed E-state index contributed by atoms with van der Waals surface area (Å²) in [7, 11) is 1.54. The highest BCUT2D eigenvalue weighted by molar-refractivity contribution is 8.18. The third-order valence-corrected chi connectivity index (χ3v) is 5.74. The molecular weight excluding hydrogens is 446 g/mol. The van der Waals surface area contributed by atoms with Crippen molar-refractivity contribution in [2.45, 2.75) is 0 Å². The third kappa shape index (κ3) is 4.93. The lowest BCUT2D eigenvalue weighted by Gasteiger charge is -2.14. The summed E-state index contributed by atoms with van der Waals surface area (Å²) >= 11 is 0.834. The van der Waals surface area contributed by atoms with Crippen molar-refractivity contribution in [2.24, 2.45) is 0 Å². The Morgan fingerprint density at radius 2 is 1.79 bits per heavy atom. The van der Waals surface area contributed by atoms with Gasteiger partial charge in [-0.2, -0.15) is 0 Å². The molecule has 1 fully saturated rings. The van der Waals surface area contributed by atoms with E-state index < -0.39 is 11.9 Å². The number of carbonyl (C=O) groups excluding carboxylic acids is 2. The maximum absolute atomic E-state index is 12.7. The van der Waals surface area contributed by atoms with Gasteiger partial charge in [0.05, 0.1) is 24.1 Å². The Kier molecular flexibility index (Phi) is 6.50. The zero-order chi connectivity index (χ0) is 23.4. The summed E-state index contributed by atoms with van der Waals surface area (Å²) < 4.78 is 16.6. The largest absolute Gasteiger partial charge is 0.493 e. The second-order valence-electron chi connectivity index (χ2n) is 6.92. The molecule has 168 valence electrons. The molecule has 2 heterocycles. The van der Waals surface area contributed by atoms with E-state index >= 15 is 0 Å². The molecule has 0 aliphatic carbocycles. The molecule has 1 N–H and O–H groups in total. The van der Waals surface area contributed by atoms with Gasteiger partial charge in [-0.1, -0.05) is 24.3 Å². The summed E-state index contributed by atoms with van der Waals surface area (Å²) in [5, 5.41) is 8.62. The molecular formula is C24H19NO7S. The number of benzene rings is 2. The number of carboxylic acids is 1. The van der Waals surface area contributed by atoms with Crippen molar-refractivity contribution < 1.29 is 33.4 Å². The minimum Gasteiger partial charge on any atom is -0.493 e. The Morgan fingerprint density at radius 1 is 1.06 bits per heavy atom. The van der Waals surface area contributed by atoms with Crippen LogP contribution in [0.5, 0.6) is 11.5 Å². The highest BCUT2D eigenvalue weighted by Crippen LogP contribution is 2.33. The van der Waals surface area contributed by atoms with Crippen molar-refractivity contribution in [2.75, 3.05) is 20.3 Å². The highest BCUT2D eigenvalue weighted by Gasteiger charge is 2.35. The smallest absolute Gasteiger partial charge is 0.335 e. The molecule has 1 aromatic heterocycles. The van der Waals surface area contributed by atoms with Gasteiger partial charge in [0, 0.05) is 11.6 Å². The number of ether oxygens (including phenoxy) is 2. The quantitative estimate of drug-likeness (QED) is 0.474. The van der Waals surface area contributed by atoms with E-state index in [0.717, 1.165) is 16.7 Å². The van der Waals surface area contributed by atoms with E-state index in [-0.39, 0.29) is 28.9 Å². The number of aromatic carboxylic acids is 1. The summed E-state index contributed by atoms with van der Waals surface area (Å²) in [6, 6.07) is 16.8. The standard InChI is InChI=1S/C24H19NO7S/c1-30-19-4-2-3-5-20(19)31-13-12-25-22(26)21(33-24(25)29)14-17-10-11-18(32-17)15-6-8-16(9-7-15)23(27)28/h2-11,14H,12-13H2,1H3,(H,27,28)/b21-14-. The fourth-order valence-electron chi connectivity index (χ4n) is 3.17. The first-order valence-corrected chi connectivity index (χ1v) is 10.7. The number of rotatable bonds is 8. The van der Waals surface area contributed by atoms with Crippen LogP contribution in [0.4, 0.5) is 4.79 Å². The summed E-state index contributed by atoms with van der Waals surface area (Å²) in [4.78, 5) is 37.4. The van der Waals surface area contributed by atoms with E-state index in [0.29, 0.717) is 28.6 Å². The number of carboxylic acid groups (broad SMARTS) is 1. The predicted molar refractivity (Wildman–Crippen MR) is 122 cm³/mol. The van der Waals surface area contributed by atoms with Crippen molar-refractivity contribution in [3.05, 3.63) is 76.9 Å². The number of thioether (sulfide) groups is 1. The number of methoxy groups -OCH3 is 1. The number of imide groups is 1. The number of carbonyl (C=O) groups is 3. The van der Waals surface area contributed by atoms with E-state index in [9.17, 15) is 14.4 Å². The lowest BCUT2D eigenvalue weighted by Crippen LogP contribution is -2.32. The topological polar surface area (TPSA) is 106 Å². The van der Waals surface area contributed by atoms with E-state index in [1.54, 1.807) is 42.5 Å². The van der Waals surface area contributed by atoms with Crippen LogP contribution in [0.3, 0.4) is 0 Å². The number of para-hydroxylation sites is 2. The van der Waals surface area contributed by atoms with Crippen LogP contribution in [0.15, 0.2) is 70.0 Å². The van der Waals surface area contributed by atoms with Crippen LogP contribution in [0, 0.1) is 0 Å². The number of hydrogen-bond donors (Lipinski definition) is 1. The highest BCUT2D eigenvalue weighted by atomic mass is 32.2. The van der Waals surface area contributed by atoms with Gasteiger partial charge in [0.1, 0.15) is 18.1 Å². The van der Waals surface area contributed by atoms with Gasteiger partial charge in [0.2, 0.25) is 0 Å². The molecule has 2 amide bonds. The van der Waals surface area contributed by atoms with Gasteiger partial charge >= 0.3 is 5.97 Å². The average molecular weight is 465 g/mol. The van der Waals surface area contributed by atoms with Gasteiger partial charge in [0.15, 0.2) is 11.5 Å². The summed E-state index contributed by atoms with van der Waals surface area (Å²) in [6.07, 6.45) is 1.51. The van der Waals surface area contributed by atoms with Crippen LogP contribution in [0.1, 0.15) is 16.1 Å². The van der Waals surface area contributed by atoms with Crippen LogP contribution in [0.2, 0.25) is 0 Å². The van der Waals surface area contributed by atoms with Crippen LogP contribution in [0.25, 0.3) is 17.4 Å². The van der Waals surface area contributed by atoms with Crippen molar-refractivity contribution in [3.8, 4) is 22.8 Å². The molecule has 4 rings (SSSR count). The first-order chi connectivity index (χ1) is 16.0. The fourth-order valence-corrected chi connectivity index (χ4v) is 4.01. The third-order valence-electron chi connectivity index (χ3n) is 4.83. The van der Waals surface area contributed by atoms with E-state index in [1.807, 2.05) is 6.07 Å². The molecule has 1 aliphatic heterocycles. The molecule has 9 heteroatoms. The summed E-state index contributed by atoms with van der Waals surface area (Å²) in [5.74, 6) is 0.591. The zero-order valence-corrected chi connectivity index (χ0v) is 18.3. The SMILES string of the molecule is COc1ccccc1OCCN1C(=O)S/C(=C\c2ccc(-c3ccc(C(=O)O)cc3)o2)C1=O. The summed E-state index contributed by atoms with van der Waals surface area (Å²) in [5.41, 5.74) is 0.870. The van der Waals surface area contributed by atoms with Crippen molar-refractivity contribution in [1.29, 1.82) is 0 Å². The molecule has 0 radical (unpaired) electrons. The van der Waals surface area contributed by atoms with Crippen molar-refractivity contribution in [1.82, 2.24) is 4.90 Å². The van der Waals surface area contributed by atoms with E-state index in [4.69, 9.17) is 19.0 Å². The van der Waals surface area contributed by atoms with Crippen LogP contribution >= 0.6 is 11.8 Å². The maximum Gasteiger partial charge on any atom is 0.335 e. The molecule has 0 bridgehead atoms. The van der Waals surface area contributed by atoms with Crippen molar-refractivity contribution >= 4 is 35.0 Å². The predicted octanol–water partition coefficient (Wildman–Crippen LogP) is 4.77. The molecule has 8 nitrogen and oxygen atoms in total. The Morgan fingerprint density at radius 3 is 2.48 bits per heavy atom. The molecule has 1 saturated heterocycles. The first-order valence-electron chi connectivity index (χ1n) is 9.91. The number of furan rings is 1. The van der Waals surface area contributed by atoms with Gasteiger partial charge in [0.25, 0.3) is 11.1 Å². The molecule has 3 aromatic rings. The second-order valence-corrected chi connectivity index (χ2v) is 7.91. The monoisotopic (exact) mass is 465 g/mol. The minimum atomic E-state index is -1.01. The minimum absolute atomic E-state index is 0.0966. The molecule has 0 atom stereocenters. The zero-order valence-electron chi connectivity index (χ0n) is 17.5. The first kappa shape index (κ1) is 22.2. The molecule has 2 aromatic carbocycles. The van der Waals surface area contributed by atoms with Crippen LogP contribution in [-0.4, -0.2) is 47.4 Å². The Labute approximate surface area is 193 Å². The fraction of sp³-hybridized carbons (Fsp3) is 0.125. The van der Waals surface area contributed by atoms with Crippen LogP contribution in [-0.2, 0) is 4.79 Å². The Balaban J connectivity index is 1.41. The Bertz CT molecular complexity index is 1230. The lowest BCUT2D eigenvalue weighted by atomic mass is 10.1. The molecule has 0 unspecified atom stereocenters. The van der Waals surface area contributed by atoms with Gasteiger partial charge in [-0.3, -0.25) is 14.5 Å². The molecule has 0 saturated carbocycles. The Hall–Kier alpha value is -3.98. The molecule has 33 heavy (non-hydrogen) atoms. The number of hydrogen-bond acceptors (Lipinski definition) is 7. The summed E-state index contributed by atoms with van der Waals surface area (Å²) in [6.45, 7) is 0.225. The van der Waals surface area contributed by atoms with Gasteiger partial charge < -0.3 is 19.0 Å². The number of amides is 2. The molecule has 1 aliphatic rings. The van der Waals surface area contributed by atoms with Gasteiger partial charge in [-0.05, 0) is 48.2 Å². The van der Waals surface area contributed by atoms with E-state index in [2.05, 4.69) is 0 Å². The van der Waals surface area contributed by atoms with Gasteiger partial charge in [-0.25, -0.2) is 4.79 Å². The molecule has 0 spiro atoms. The van der Waals surface area contributed by atoms with Crippen molar-refractivity contribution in [3.63, 3.8) is 0 Å². The number of nitrogens with zero attached hydrogens (tertiary/aromatic N) is 1. The maximum atomic E-state index is 12.7. The van der Waals surface area contributed by atoms with E-state index in [1.165, 1.54) is 25.3 Å². The van der Waals surface area contributed by atoms with Crippen LogP contribution < -0.4 is 9.47 Å². The lowest BCUT2D eigenvalue weighted by molar-refractivity contribution is -0.123.